The topological polar surface area (TPSA) is 24.9 Å². The lowest BCUT2D eigenvalue weighted by Gasteiger charge is -2.14. The van der Waals surface area contributed by atoms with Crippen LogP contribution in [0, 0.1) is 0 Å². The summed E-state index contributed by atoms with van der Waals surface area (Å²) in [5.74, 6) is 0. The Hall–Kier alpha value is -2.77. The number of fused-ring (bicyclic) bond motifs is 1. The molecule has 25 heavy (non-hydrogen) atoms. The van der Waals surface area contributed by atoms with Gasteiger partial charge < -0.3 is 5.32 Å². The number of para-hydroxylation sites is 1. The predicted molar refractivity (Wildman–Crippen MR) is 81.5 cm³/mol. The summed E-state index contributed by atoms with van der Waals surface area (Å²) in [5, 5.41) is 3.05. The molecule has 0 aliphatic heterocycles. The molecule has 2 nitrogen and oxygen atoms in total. The molecular formula is C17H10F6N2. The number of nitrogens with zero attached hydrogens (tertiary/aromatic N) is 1. The first kappa shape index (κ1) is 17.1. The molecule has 0 aliphatic rings. The van der Waals surface area contributed by atoms with Gasteiger partial charge in [0.25, 0.3) is 0 Å². The molecule has 130 valence electrons. The smallest absolute Gasteiger partial charge is 0.355 e. The van der Waals surface area contributed by atoms with Gasteiger partial charge >= 0.3 is 12.4 Å². The van der Waals surface area contributed by atoms with Crippen LogP contribution < -0.4 is 5.32 Å². The van der Waals surface area contributed by atoms with Crippen molar-refractivity contribution in [2.75, 3.05) is 5.32 Å². The number of aromatic nitrogens is 1. The first-order valence-electron chi connectivity index (χ1n) is 7.05. The lowest BCUT2D eigenvalue weighted by atomic mass is 10.1. The standard InChI is InChI=1S/C17H10F6N2/c18-16(19,20)10-4-6-11(7-5-10)25-14-8-9-24-15-12(14)2-1-3-13(15)17(21,22)23/h1-9H,(H,24,25). The third kappa shape index (κ3) is 3.52. The third-order valence-corrected chi connectivity index (χ3v) is 3.57. The number of hydrogen-bond donors (Lipinski definition) is 1. The van der Waals surface area contributed by atoms with Crippen molar-refractivity contribution >= 4 is 22.3 Å². The van der Waals surface area contributed by atoms with Gasteiger partial charge in [-0.3, -0.25) is 4.98 Å². The average molecular weight is 356 g/mol. The Morgan fingerprint density at radius 2 is 1.44 bits per heavy atom. The molecule has 0 spiro atoms. The van der Waals surface area contributed by atoms with Crippen LogP contribution in [0.3, 0.4) is 0 Å². The third-order valence-electron chi connectivity index (χ3n) is 3.57. The summed E-state index contributed by atoms with van der Waals surface area (Å²) in [5.41, 5.74) is -1.28. The summed E-state index contributed by atoms with van der Waals surface area (Å²) in [4.78, 5) is 3.79. The van der Waals surface area contributed by atoms with Crippen LogP contribution >= 0.6 is 0 Å². The van der Waals surface area contributed by atoms with Gasteiger partial charge in [-0.05, 0) is 36.4 Å². The van der Waals surface area contributed by atoms with Crippen molar-refractivity contribution in [1.82, 2.24) is 4.98 Å². The monoisotopic (exact) mass is 356 g/mol. The highest BCUT2D eigenvalue weighted by Crippen LogP contribution is 2.36. The normalized spacial score (nSPS) is 12.4. The minimum atomic E-state index is -4.56. The molecule has 0 unspecified atom stereocenters. The molecule has 1 N–H and O–H groups in total. The maximum Gasteiger partial charge on any atom is 0.418 e. The summed E-state index contributed by atoms with van der Waals surface area (Å²) < 4.78 is 76.9. The molecule has 0 atom stereocenters. The molecule has 3 aromatic rings. The quantitative estimate of drug-likeness (QED) is 0.568. The van der Waals surface area contributed by atoms with Crippen LogP contribution in [0.4, 0.5) is 37.7 Å². The summed E-state index contributed by atoms with van der Waals surface area (Å²) in [6, 6.07) is 9.32. The van der Waals surface area contributed by atoms with Gasteiger partial charge in [0, 0.05) is 23.0 Å². The van der Waals surface area contributed by atoms with E-state index in [1.54, 1.807) is 0 Å². The Morgan fingerprint density at radius 1 is 0.760 bits per heavy atom. The van der Waals surface area contributed by atoms with Crippen molar-refractivity contribution in [3.05, 3.63) is 65.9 Å². The van der Waals surface area contributed by atoms with E-state index in [0.717, 1.165) is 18.2 Å². The Balaban J connectivity index is 2.00. The van der Waals surface area contributed by atoms with Crippen molar-refractivity contribution < 1.29 is 26.3 Å². The van der Waals surface area contributed by atoms with Gasteiger partial charge in [-0.2, -0.15) is 26.3 Å². The van der Waals surface area contributed by atoms with Crippen LogP contribution in [0.15, 0.2) is 54.7 Å². The second-order valence-electron chi connectivity index (χ2n) is 5.26. The molecule has 0 fully saturated rings. The number of benzene rings is 2. The summed E-state index contributed by atoms with van der Waals surface area (Å²) in [7, 11) is 0. The van der Waals surface area contributed by atoms with Crippen LogP contribution in [-0.4, -0.2) is 4.98 Å². The van der Waals surface area contributed by atoms with Crippen molar-refractivity contribution in [3.8, 4) is 0 Å². The van der Waals surface area contributed by atoms with Crippen LogP contribution in [0.25, 0.3) is 10.9 Å². The first-order chi connectivity index (χ1) is 11.7. The molecule has 0 aliphatic carbocycles. The fourth-order valence-electron chi connectivity index (χ4n) is 2.41. The fourth-order valence-corrected chi connectivity index (χ4v) is 2.41. The second-order valence-corrected chi connectivity index (χ2v) is 5.26. The van der Waals surface area contributed by atoms with E-state index in [4.69, 9.17) is 0 Å². The zero-order valence-corrected chi connectivity index (χ0v) is 12.4. The van der Waals surface area contributed by atoms with E-state index in [1.807, 2.05) is 0 Å². The Kier molecular flexibility index (Phi) is 4.06. The van der Waals surface area contributed by atoms with E-state index in [2.05, 4.69) is 10.3 Å². The summed E-state index contributed by atoms with van der Waals surface area (Å²) in [6.07, 6.45) is -7.80. The molecule has 0 bridgehead atoms. The van der Waals surface area contributed by atoms with Gasteiger partial charge in [-0.25, -0.2) is 0 Å². The lowest BCUT2D eigenvalue weighted by Crippen LogP contribution is -2.07. The summed E-state index contributed by atoms with van der Waals surface area (Å²) >= 11 is 0. The number of nitrogens with one attached hydrogen (secondary N) is 1. The number of pyridine rings is 1. The first-order valence-corrected chi connectivity index (χ1v) is 7.05. The number of anilines is 2. The zero-order valence-electron chi connectivity index (χ0n) is 12.4. The number of alkyl halides is 6. The largest absolute Gasteiger partial charge is 0.418 e. The van der Waals surface area contributed by atoms with Gasteiger partial charge in [0.1, 0.15) is 0 Å². The van der Waals surface area contributed by atoms with Crippen molar-refractivity contribution in [1.29, 1.82) is 0 Å². The molecule has 1 aromatic heterocycles. The number of halogens is 6. The maximum absolute atomic E-state index is 13.1. The molecule has 0 saturated carbocycles. The molecule has 3 rings (SSSR count). The van der Waals surface area contributed by atoms with Crippen molar-refractivity contribution in [2.45, 2.75) is 12.4 Å². The Morgan fingerprint density at radius 3 is 2.04 bits per heavy atom. The van der Waals surface area contributed by atoms with Crippen LogP contribution in [0.5, 0.6) is 0 Å². The van der Waals surface area contributed by atoms with Crippen molar-refractivity contribution in [2.24, 2.45) is 0 Å². The van der Waals surface area contributed by atoms with Gasteiger partial charge in [-0.15, -0.1) is 0 Å². The van der Waals surface area contributed by atoms with Crippen LogP contribution in [-0.2, 0) is 12.4 Å². The molecular weight excluding hydrogens is 346 g/mol. The van der Waals surface area contributed by atoms with E-state index in [9.17, 15) is 26.3 Å². The van der Waals surface area contributed by atoms with Gasteiger partial charge in [0.15, 0.2) is 0 Å². The predicted octanol–water partition coefficient (Wildman–Crippen LogP) is 6.02. The van der Waals surface area contributed by atoms with Gasteiger partial charge in [-0.1, -0.05) is 12.1 Å². The molecule has 0 radical (unpaired) electrons. The van der Waals surface area contributed by atoms with E-state index >= 15 is 0 Å². The Bertz CT molecular complexity index is 898. The lowest BCUT2D eigenvalue weighted by molar-refractivity contribution is -0.138. The number of hydrogen-bond acceptors (Lipinski definition) is 2. The molecule has 8 heteroatoms. The van der Waals surface area contributed by atoms with E-state index in [0.29, 0.717) is 11.4 Å². The average Bonchev–Trinajstić information content (AvgIpc) is 2.53. The number of rotatable bonds is 2. The molecule has 2 aromatic carbocycles. The Labute approximate surface area is 138 Å². The highest BCUT2D eigenvalue weighted by molar-refractivity contribution is 5.94. The SMILES string of the molecule is FC(F)(F)c1ccc(Nc2ccnc3c(C(F)(F)F)cccc23)cc1. The van der Waals surface area contributed by atoms with Gasteiger partial charge in [0.05, 0.1) is 16.6 Å². The van der Waals surface area contributed by atoms with E-state index < -0.39 is 23.5 Å². The highest BCUT2D eigenvalue weighted by Gasteiger charge is 2.33. The van der Waals surface area contributed by atoms with Crippen molar-refractivity contribution in [3.63, 3.8) is 0 Å². The fraction of sp³-hybridized carbons (Fsp3) is 0.118. The molecule has 0 amide bonds. The molecule has 1 heterocycles. The highest BCUT2D eigenvalue weighted by atomic mass is 19.4. The molecule has 0 saturated heterocycles. The van der Waals surface area contributed by atoms with Crippen LogP contribution in [0.1, 0.15) is 11.1 Å². The minimum absolute atomic E-state index is 0.220. The van der Waals surface area contributed by atoms with Crippen LogP contribution in [0.2, 0.25) is 0 Å². The zero-order chi connectivity index (χ0) is 18.2. The van der Waals surface area contributed by atoms with E-state index in [1.165, 1.54) is 36.5 Å². The van der Waals surface area contributed by atoms with Gasteiger partial charge in [0.2, 0.25) is 0 Å². The second kappa shape index (κ2) is 5.94. The van der Waals surface area contributed by atoms with E-state index in [-0.39, 0.29) is 10.9 Å². The maximum atomic E-state index is 13.1. The minimum Gasteiger partial charge on any atom is -0.355 e. The summed E-state index contributed by atoms with van der Waals surface area (Å²) in [6.45, 7) is 0.